The van der Waals surface area contributed by atoms with Crippen LogP contribution in [0.4, 0.5) is 18.9 Å². The number of benzene rings is 2. The van der Waals surface area contributed by atoms with E-state index in [9.17, 15) is 13.2 Å². The second-order valence-electron chi connectivity index (χ2n) is 4.20. The molecule has 2 aromatic rings. The topological polar surface area (TPSA) is 48.8 Å². The third-order valence-corrected chi connectivity index (χ3v) is 2.77. The van der Waals surface area contributed by atoms with Crippen LogP contribution in [0.2, 0.25) is 0 Å². The molecule has 0 bridgehead atoms. The Morgan fingerprint density at radius 3 is 2.33 bits per heavy atom. The predicted molar refractivity (Wildman–Crippen MR) is 75.6 cm³/mol. The molecule has 0 radical (unpaired) electrons. The Bertz CT molecular complexity index is 700. The maximum atomic E-state index is 12.6. The molecule has 21 heavy (non-hydrogen) atoms. The van der Waals surface area contributed by atoms with Crippen molar-refractivity contribution in [3.63, 3.8) is 0 Å². The van der Waals surface area contributed by atoms with Crippen molar-refractivity contribution in [1.29, 1.82) is 0 Å². The Balaban J connectivity index is 2.40. The highest BCUT2D eigenvalue weighted by atomic mass is 19.4. The average molecular weight is 289 g/mol. The number of halogens is 3. The van der Waals surface area contributed by atoms with Gasteiger partial charge in [0.2, 0.25) is 0 Å². The maximum absolute atomic E-state index is 12.6. The molecule has 3 nitrogen and oxygen atoms in total. The molecule has 2 rings (SSSR count). The van der Waals surface area contributed by atoms with Crippen molar-refractivity contribution in [2.75, 3.05) is 0 Å². The molecule has 0 N–H and O–H groups in total. The summed E-state index contributed by atoms with van der Waals surface area (Å²) in [6, 6.07) is 12.3. The largest absolute Gasteiger partial charge is 0.416 e. The van der Waals surface area contributed by atoms with E-state index in [0.29, 0.717) is 5.56 Å². The van der Waals surface area contributed by atoms with Crippen molar-refractivity contribution in [2.45, 2.75) is 6.18 Å². The van der Waals surface area contributed by atoms with Gasteiger partial charge in [0.05, 0.1) is 5.56 Å². The lowest BCUT2D eigenvalue weighted by atomic mass is 10.1. The highest BCUT2D eigenvalue weighted by Crippen LogP contribution is 2.33. The van der Waals surface area contributed by atoms with Crippen LogP contribution in [0.25, 0.3) is 22.6 Å². The van der Waals surface area contributed by atoms with Crippen molar-refractivity contribution < 1.29 is 13.2 Å². The number of azide groups is 1. The van der Waals surface area contributed by atoms with Crippen molar-refractivity contribution in [1.82, 2.24) is 0 Å². The van der Waals surface area contributed by atoms with Gasteiger partial charge in [0.15, 0.2) is 0 Å². The van der Waals surface area contributed by atoms with Gasteiger partial charge >= 0.3 is 6.18 Å². The lowest BCUT2D eigenvalue weighted by Crippen LogP contribution is -2.04. The number of hydrogen-bond donors (Lipinski definition) is 0. The molecule has 2 aromatic carbocycles. The second kappa shape index (κ2) is 6.15. The Kier molecular flexibility index (Phi) is 4.30. The summed E-state index contributed by atoms with van der Waals surface area (Å²) in [4.78, 5) is 2.57. The fraction of sp³-hybridized carbons (Fsp3) is 0.0667. The molecule has 0 amide bonds. The average Bonchev–Trinajstić information content (AvgIpc) is 2.46. The molecule has 106 valence electrons. The first-order valence-corrected chi connectivity index (χ1v) is 6.00. The van der Waals surface area contributed by atoms with E-state index >= 15 is 0 Å². The second-order valence-corrected chi connectivity index (χ2v) is 4.20. The van der Waals surface area contributed by atoms with Gasteiger partial charge in [-0.15, -0.1) is 0 Å². The van der Waals surface area contributed by atoms with Crippen molar-refractivity contribution in [2.24, 2.45) is 5.11 Å². The fourth-order valence-electron chi connectivity index (χ4n) is 1.75. The summed E-state index contributed by atoms with van der Waals surface area (Å²) in [5.41, 5.74) is 8.89. The highest BCUT2D eigenvalue weighted by Gasteiger charge is 2.30. The first-order chi connectivity index (χ1) is 10.0. The maximum Gasteiger partial charge on any atom is 0.416 e. The summed E-state index contributed by atoms with van der Waals surface area (Å²) in [6.45, 7) is 0. The molecule has 0 spiro atoms. The van der Waals surface area contributed by atoms with Gasteiger partial charge in [0.25, 0.3) is 0 Å². The third kappa shape index (κ3) is 3.87. The molecular weight excluding hydrogens is 279 g/mol. The molecule has 0 saturated carbocycles. The van der Waals surface area contributed by atoms with Crippen LogP contribution in [-0.2, 0) is 6.18 Å². The number of hydrogen-bond acceptors (Lipinski definition) is 1. The summed E-state index contributed by atoms with van der Waals surface area (Å²) in [5, 5.41) is 3.32. The minimum absolute atomic E-state index is 0.0560. The Morgan fingerprint density at radius 2 is 1.71 bits per heavy atom. The van der Waals surface area contributed by atoms with E-state index in [0.717, 1.165) is 17.7 Å². The zero-order chi connectivity index (χ0) is 15.3. The van der Waals surface area contributed by atoms with Gasteiger partial charge in [-0.1, -0.05) is 53.7 Å². The molecule has 0 fully saturated rings. The summed E-state index contributed by atoms with van der Waals surface area (Å²) in [5.74, 6) is 0. The molecule has 0 aliphatic heterocycles. The predicted octanol–water partition coefficient (Wildman–Crippen LogP) is 5.82. The molecule has 0 saturated heterocycles. The van der Waals surface area contributed by atoms with Gasteiger partial charge in [-0.2, -0.15) is 13.2 Å². The van der Waals surface area contributed by atoms with E-state index in [1.54, 1.807) is 12.2 Å². The van der Waals surface area contributed by atoms with E-state index in [4.69, 9.17) is 5.53 Å². The minimum atomic E-state index is -4.47. The molecule has 0 atom stereocenters. The van der Waals surface area contributed by atoms with E-state index < -0.39 is 11.7 Å². The van der Waals surface area contributed by atoms with E-state index in [2.05, 4.69) is 10.0 Å². The van der Waals surface area contributed by atoms with Crippen LogP contribution in [0.3, 0.4) is 0 Å². The van der Waals surface area contributed by atoms with E-state index in [1.165, 1.54) is 6.07 Å². The lowest BCUT2D eigenvalue weighted by molar-refractivity contribution is -0.137. The third-order valence-electron chi connectivity index (χ3n) is 2.77. The summed E-state index contributed by atoms with van der Waals surface area (Å²) < 4.78 is 37.9. The Morgan fingerprint density at radius 1 is 1.00 bits per heavy atom. The quantitative estimate of drug-likeness (QED) is 0.296. The number of rotatable bonds is 3. The monoisotopic (exact) mass is 289 g/mol. The molecule has 0 aromatic heterocycles. The van der Waals surface area contributed by atoms with Crippen LogP contribution >= 0.6 is 0 Å². The molecule has 0 unspecified atom stereocenters. The first kappa shape index (κ1) is 14.7. The van der Waals surface area contributed by atoms with Crippen LogP contribution in [0.15, 0.2) is 53.6 Å². The van der Waals surface area contributed by atoms with Crippen LogP contribution < -0.4 is 0 Å². The normalized spacial score (nSPS) is 11.4. The molecular formula is C15H10F3N3. The zero-order valence-electron chi connectivity index (χ0n) is 10.7. The van der Waals surface area contributed by atoms with Crippen molar-refractivity contribution >= 4 is 17.8 Å². The highest BCUT2D eigenvalue weighted by molar-refractivity contribution is 5.75. The Hall–Kier alpha value is -2.72. The van der Waals surface area contributed by atoms with Crippen LogP contribution in [0, 0.1) is 0 Å². The summed E-state index contributed by atoms with van der Waals surface area (Å²) in [7, 11) is 0. The van der Waals surface area contributed by atoms with Gasteiger partial charge in [-0.05, 0) is 28.8 Å². The van der Waals surface area contributed by atoms with Gasteiger partial charge in [0.1, 0.15) is 0 Å². The van der Waals surface area contributed by atoms with Gasteiger partial charge < -0.3 is 0 Å². The van der Waals surface area contributed by atoms with Crippen LogP contribution in [0.1, 0.15) is 16.7 Å². The summed E-state index contributed by atoms with van der Waals surface area (Å²) >= 11 is 0. The zero-order valence-corrected chi connectivity index (χ0v) is 10.7. The van der Waals surface area contributed by atoms with E-state index in [1.807, 2.05) is 30.3 Å². The lowest BCUT2D eigenvalue weighted by Gasteiger charge is -2.08. The smallest absolute Gasteiger partial charge is 0.166 e. The molecule has 6 heteroatoms. The summed E-state index contributed by atoms with van der Waals surface area (Å²) in [6.07, 6.45) is -1.13. The van der Waals surface area contributed by atoms with Gasteiger partial charge in [0, 0.05) is 10.6 Å². The fourth-order valence-corrected chi connectivity index (χ4v) is 1.75. The molecule has 0 aliphatic rings. The van der Waals surface area contributed by atoms with Crippen LogP contribution in [-0.4, -0.2) is 0 Å². The van der Waals surface area contributed by atoms with Crippen molar-refractivity contribution in [3.05, 3.63) is 75.7 Å². The number of nitrogens with zero attached hydrogens (tertiary/aromatic N) is 3. The van der Waals surface area contributed by atoms with Crippen molar-refractivity contribution in [3.8, 4) is 0 Å². The molecule has 0 heterocycles. The standard InChI is InChI=1S/C15H10F3N3/c16-15(17,18)13-9-8-12(14(10-13)20-21-19)7-6-11-4-2-1-3-5-11/h1-10H/b7-6+. The Labute approximate surface area is 119 Å². The van der Waals surface area contributed by atoms with E-state index in [-0.39, 0.29) is 5.69 Å². The van der Waals surface area contributed by atoms with Gasteiger partial charge in [-0.25, -0.2) is 0 Å². The first-order valence-electron chi connectivity index (χ1n) is 6.00. The SMILES string of the molecule is [N-]=[N+]=Nc1cc(C(F)(F)F)ccc1/C=C/c1ccccc1. The number of alkyl halides is 3. The van der Waals surface area contributed by atoms with Crippen LogP contribution in [0.5, 0.6) is 0 Å². The minimum Gasteiger partial charge on any atom is -0.166 e. The molecule has 0 aliphatic carbocycles. The van der Waals surface area contributed by atoms with Gasteiger partial charge in [-0.3, -0.25) is 0 Å².